The Balaban J connectivity index is 1.07. The molecule has 0 spiro atoms. The number of benzene rings is 5. The third-order valence-electron chi connectivity index (χ3n) is 12.0. The lowest BCUT2D eigenvalue weighted by Gasteiger charge is -2.35. The van der Waals surface area contributed by atoms with E-state index in [9.17, 15) is 0 Å². The lowest BCUT2D eigenvalue weighted by Crippen LogP contribution is -2.37. The van der Waals surface area contributed by atoms with Crippen molar-refractivity contribution in [3.63, 3.8) is 0 Å². The van der Waals surface area contributed by atoms with Gasteiger partial charge in [0.25, 0.3) is 0 Å². The number of fused-ring (bicyclic) bond motifs is 8. The molecule has 0 amide bonds. The van der Waals surface area contributed by atoms with Crippen molar-refractivity contribution in [1.82, 2.24) is 9.13 Å². The van der Waals surface area contributed by atoms with Gasteiger partial charge in [0, 0.05) is 61.6 Å². The van der Waals surface area contributed by atoms with Gasteiger partial charge in [0.1, 0.15) is 0 Å². The van der Waals surface area contributed by atoms with Crippen LogP contribution < -0.4 is 4.90 Å². The van der Waals surface area contributed by atoms with Crippen LogP contribution in [0.15, 0.2) is 169 Å². The van der Waals surface area contributed by atoms with Crippen molar-refractivity contribution in [2.45, 2.75) is 44.2 Å². The summed E-state index contributed by atoms with van der Waals surface area (Å²) in [5.74, 6) is 0.346. The van der Waals surface area contributed by atoms with Crippen molar-refractivity contribution in [3.05, 3.63) is 169 Å². The van der Waals surface area contributed by atoms with Gasteiger partial charge in [-0.15, -0.1) is 0 Å². The number of nitrogens with zero attached hydrogens (tertiary/aromatic N) is 3. The summed E-state index contributed by atoms with van der Waals surface area (Å²) in [4.78, 5) is 2.61. The highest BCUT2D eigenvalue weighted by Gasteiger charge is 2.43. The van der Waals surface area contributed by atoms with E-state index < -0.39 is 0 Å². The molecular weight excluding hydrogens is 619 g/mol. The molecule has 3 atom stereocenters. The van der Waals surface area contributed by atoms with E-state index in [4.69, 9.17) is 0 Å². The molecule has 3 heterocycles. The molecule has 0 fully saturated rings. The van der Waals surface area contributed by atoms with E-state index in [-0.39, 0.29) is 6.04 Å². The molecule has 246 valence electrons. The van der Waals surface area contributed by atoms with Gasteiger partial charge in [-0.3, -0.25) is 0 Å². The van der Waals surface area contributed by atoms with E-state index in [1.54, 1.807) is 5.57 Å². The van der Waals surface area contributed by atoms with Crippen LogP contribution in [0.3, 0.4) is 0 Å². The molecule has 7 aromatic rings. The molecule has 0 saturated carbocycles. The Morgan fingerprint density at radius 1 is 0.588 bits per heavy atom. The highest BCUT2D eigenvalue weighted by molar-refractivity contribution is 6.13. The molecule has 3 nitrogen and oxygen atoms in total. The molecule has 51 heavy (non-hydrogen) atoms. The largest absolute Gasteiger partial charge is 0.337 e. The molecule has 3 aliphatic carbocycles. The zero-order valence-corrected chi connectivity index (χ0v) is 28.6. The lowest BCUT2D eigenvalue weighted by molar-refractivity contribution is 0.485. The minimum absolute atomic E-state index is 0.184. The molecule has 0 bridgehead atoms. The zero-order valence-electron chi connectivity index (χ0n) is 28.6. The first-order valence-electron chi connectivity index (χ1n) is 18.7. The standard InChI is InChI=1S/C48H39N3/c1-3-14-34(15-4-1)49-42-22-10-8-19-37(42)40-30-32(26-28-45(40)49)33-27-29-46-41(31-33)38-20-9-12-24-44(38)51(46)47-25-13-21-39-36-18-7-11-23-43(36)50(48(39)47)35-16-5-2-6-17-35/h1-3,5-6,8-13,16-17,19-31,34,39,48H,4,7,14-15,18H2. The number of allylic oxidation sites excluding steroid dienone is 6. The number of hydrogen-bond acceptors (Lipinski definition) is 1. The predicted molar refractivity (Wildman–Crippen MR) is 215 cm³/mol. The van der Waals surface area contributed by atoms with Gasteiger partial charge < -0.3 is 14.0 Å². The minimum Gasteiger partial charge on any atom is -0.337 e. The van der Waals surface area contributed by atoms with E-state index in [1.165, 1.54) is 78.2 Å². The van der Waals surface area contributed by atoms with Gasteiger partial charge in [-0.2, -0.15) is 0 Å². The Morgan fingerprint density at radius 2 is 1.27 bits per heavy atom. The van der Waals surface area contributed by atoms with Crippen molar-refractivity contribution < 1.29 is 0 Å². The maximum atomic E-state index is 2.61. The summed E-state index contributed by atoms with van der Waals surface area (Å²) in [7, 11) is 0. The van der Waals surface area contributed by atoms with Gasteiger partial charge in [0.2, 0.25) is 0 Å². The molecule has 11 rings (SSSR count). The molecule has 0 radical (unpaired) electrons. The van der Waals surface area contributed by atoms with Crippen molar-refractivity contribution in [2.24, 2.45) is 5.92 Å². The van der Waals surface area contributed by atoms with Crippen molar-refractivity contribution >= 4 is 55.0 Å². The van der Waals surface area contributed by atoms with E-state index >= 15 is 0 Å². The Morgan fingerprint density at radius 3 is 2.08 bits per heavy atom. The number of aromatic nitrogens is 2. The van der Waals surface area contributed by atoms with Crippen LogP contribution in [0, 0.1) is 5.92 Å². The topological polar surface area (TPSA) is 13.1 Å². The molecule has 2 aromatic heterocycles. The summed E-state index contributed by atoms with van der Waals surface area (Å²) in [6, 6.07) is 44.0. The van der Waals surface area contributed by atoms with Crippen molar-refractivity contribution in [3.8, 4) is 11.1 Å². The molecule has 1 aliphatic heterocycles. The minimum atomic E-state index is 0.184. The van der Waals surface area contributed by atoms with Crippen LogP contribution in [0.2, 0.25) is 0 Å². The van der Waals surface area contributed by atoms with Crippen LogP contribution in [0.25, 0.3) is 60.4 Å². The van der Waals surface area contributed by atoms with Crippen molar-refractivity contribution in [1.29, 1.82) is 0 Å². The summed E-state index contributed by atoms with van der Waals surface area (Å²) in [5, 5.41) is 5.29. The zero-order chi connectivity index (χ0) is 33.5. The maximum absolute atomic E-state index is 2.61. The first kappa shape index (κ1) is 29.0. The first-order valence-corrected chi connectivity index (χ1v) is 18.7. The number of hydrogen-bond donors (Lipinski definition) is 0. The SMILES string of the molecule is C1=CC2C3=C(C=CCC3)N(c3ccccc3)C2C(n2c3ccccc3c3cc(-c4ccc5c(c4)c4ccccc4n5C4CC=CCC4)ccc32)=C1. The molecule has 3 heteroatoms. The van der Waals surface area contributed by atoms with Crippen LogP contribution in [0.4, 0.5) is 5.69 Å². The van der Waals surface area contributed by atoms with E-state index in [2.05, 4.69) is 172 Å². The fourth-order valence-corrected chi connectivity index (χ4v) is 9.77. The molecule has 0 saturated heterocycles. The lowest BCUT2D eigenvalue weighted by atomic mass is 9.85. The van der Waals surface area contributed by atoms with Crippen LogP contribution in [-0.2, 0) is 0 Å². The number of anilines is 1. The number of rotatable bonds is 4. The Bertz CT molecular complexity index is 2690. The van der Waals surface area contributed by atoms with Gasteiger partial charge >= 0.3 is 0 Å². The Labute approximate surface area is 298 Å². The molecular formula is C48H39N3. The summed E-state index contributed by atoms with van der Waals surface area (Å²) in [6.45, 7) is 0. The van der Waals surface area contributed by atoms with Crippen LogP contribution in [0.1, 0.15) is 38.1 Å². The second-order valence-electron chi connectivity index (χ2n) is 14.6. The fourth-order valence-electron chi connectivity index (χ4n) is 9.77. The fraction of sp³-hybridized carbons (Fsp3) is 0.167. The van der Waals surface area contributed by atoms with Gasteiger partial charge in [-0.1, -0.05) is 97.1 Å². The summed E-state index contributed by atoms with van der Waals surface area (Å²) < 4.78 is 5.17. The average molecular weight is 658 g/mol. The summed E-state index contributed by atoms with van der Waals surface area (Å²) in [5.41, 5.74) is 13.3. The Kier molecular flexibility index (Phi) is 6.46. The number of para-hydroxylation sites is 3. The van der Waals surface area contributed by atoms with Crippen molar-refractivity contribution in [2.75, 3.05) is 4.90 Å². The van der Waals surface area contributed by atoms with Gasteiger partial charge in [-0.25, -0.2) is 0 Å². The second-order valence-corrected chi connectivity index (χ2v) is 14.6. The Hall–Kier alpha value is -5.80. The summed E-state index contributed by atoms with van der Waals surface area (Å²) >= 11 is 0. The van der Waals surface area contributed by atoms with Crippen LogP contribution in [0.5, 0.6) is 0 Å². The molecule has 3 unspecified atom stereocenters. The van der Waals surface area contributed by atoms with Gasteiger partial charge in [0.05, 0.1) is 17.1 Å². The quantitative estimate of drug-likeness (QED) is 0.172. The molecule has 5 aromatic carbocycles. The molecule has 0 N–H and O–H groups in total. The smallest absolute Gasteiger partial charge is 0.0847 e. The van der Waals surface area contributed by atoms with Gasteiger partial charge in [-0.05, 0) is 109 Å². The highest BCUT2D eigenvalue weighted by Crippen LogP contribution is 2.49. The summed E-state index contributed by atoms with van der Waals surface area (Å²) in [6.07, 6.45) is 22.2. The molecule has 4 aliphatic rings. The monoisotopic (exact) mass is 657 g/mol. The van der Waals surface area contributed by atoms with Crippen LogP contribution in [-0.4, -0.2) is 15.2 Å². The third kappa shape index (κ3) is 4.31. The second kappa shape index (κ2) is 11.4. The van der Waals surface area contributed by atoms with Crippen LogP contribution >= 0.6 is 0 Å². The normalized spacial score (nSPS) is 21.3. The first-order chi connectivity index (χ1) is 25.3. The average Bonchev–Trinajstić information content (AvgIpc) is 3.84. The predicted octanol–water partition coefficient (Wildman–Crippen LogP) is 12.4. The van der Waals surface area contributed by atoms with E-state index in [0.717, 1.165) is 25.7 Å². The third-order valence-corrected chi connectivity index (χ3v) is 12.0. The van der Waals surface area contributed by atoms with E-state index in [0.29, 0.717) is 12.0 Å². The maximum Gasteiger partial charge on any atom is 0.0847 e. The highest BCUT2D eigenvalue weighted by atomic mass is 15.2. The van der Waals surface area contributed by atoms with E-state index in [1.807, 2.05) is 0 Å². The van der Waals surface area contributed by atoms with Gasteiger partial charge in [0.15, 0.2) is 0 Å².